The molecule has 35 heavy (non-hydrogen) atoms. The molecule has 0 aliphatic carbocycles. The summed E-state index contributed by atoms with van der Waals surface area (Å²) in [5.41, 5.74) is 7.78. The van der Waals surface area contributed by atoms with Crippen LogP contribution in [0.2, 0.25) is 15.1 Å². The number of primary amides is 1. The van der Waals surface area contributed by atoms with Gasteiger partial charge in [-0.2, -0.15) is 5.10 Å². The van der Waals surface area contributed by atoms with Crippen molar-refractivity contribution in [3.05, 3.63) is 63.7 Å². The highest BCUT2D eigenvalue weighted by Gasteiger charge is 2.49. The van der Waals surface area contributed by atoms with Crippen LogP contribution in [0, 0.1) is 0 Å². The van der Waals surface area contributed by atoms with Gasteiger partial charge in [0.2, 0.25) is 5.91 Å². The van der Waals surface area contributed by atoms with E-state index in [0.29, 0.717) is 50.9 Å². The van der Waals surface area contributed by atoms with E-state index < -0.39 is 11.4 Å². The number of fused-ring (bicyclic) bond motifs is 1. The van der Waals surface area contributed by atoms with E-state index in [9.17, 15) is 4.79 Å². The van der Waals surface area contributed by atoms with E-state index in [4.69, 9.17) is 45.5 Å². The van der Waals surface area contributed by atoms with Gasteiger partial charge in [-0.3, -0.25) is 14.7 Å². The molecule has 1 amide bonds. The summed E-state index contributed by atoms with van der Waals surface area (Å²) in [6.45, 7) is 4.67. The minimum atomic E-state index is -0.834. The molecular weight excluding hydrogens is 509 g/mol. The fourth-order valence-corrected chi connectivity index (χ4v) is 5.06. The number of benzene rings is 2. The Morgan fingerprint density at radius 2 is 1.77 bits per heavy atom. The van der Waals surface area contributed by atoms with E-state index in [1.54, 1.807) is 30.5 Å². The van der Waals surface area contributed by atoms with Crippen LogP contribution in [-0.4, -0.2) is 50.3 Å². The van der Waals surface area contributed by atoms with Crippen LogP contribution < -0.4 is 16.0 Å². The van der Waals surface area contributed by atoms with Gasteiger partial charge in [-0.15, -0.1) is 5.10 Å². The second-order valence-electron chi connectivity index (χ2n) is 8.87. The Bertz CT molecular complexity index is 1430. The molecule has 1 fully saturated rings. The van der Waals surface area contributed by atoms with Crippen LogP contribution in [-0.2, 0) is 4.79 Å². The number of hydrogen-bond donors (Lipinski definition) is 2. The highest BCUT2D eigenvalue weighted by molar-refractivity contribution is 6.36. The number of carbonyl (C=O) groups is 1. The molecule has 3 heterocycles. The summed E-state index contributed by atoms with van der Waals surface area (Å²) in [5, 5.41) is 13.5. The molecule has 2 aromatic heterocycles. The number of imidazole rings is 1. The zero-order valence-corrected chi connectivity index (χ0v) is 21.2. The number of amides is 1. The topological polar surface area (TPSA) is 102 Å². The molecule has 180 valence electrons. The van der Waals surface area contributed by atoms with Crippen LogP contribution in [0.4, 0.5) is 5.82 Å². The number of nitrogens with zero attached hydrogens (tertiary/aromatic N) is 5. The molecule has 0 saturated carbocycles. The van der Waals surface area contributed by atoms with Crippen LogP contribution in [0.1, 0.15) is 13.8 Å². The van der Waals surface area contributed by atoms with Crippen molar-refractivity contribution >= 4 is 57.6 Å². The van der Waals surface area contributed by atoms with Gasteiger partial charge in [0.1, 0.15) is 16.9 Å². The summed E-state index contributed by atoms with van der Waals surface area (Å²) in [7, 11) is 0. The molecule has 1 saturated heterocycles. The maximum absolute atomic E-state index is 12.2. The van der Waals surface area contributed by atoms with Crippen molar-refractivity contribution in [2.24, 2.45) is 5.73 Å². The Hall–Kier alpha value is -2.91. The second-order valence-corrected chi connectivity index (χ2v) is 10.2. The van der Waals surface area contributed by atoms with Crippen molar-refractivity contribution in [1.29, 1.82) is 0 Å². The summed E-state index contributed by atoms with van der Waals surface area (Å²) in [6.07, 6.45) is 1.65. The summed E-state index contributed by atoms with van der Waals surface area (Å²) >= 11 is 18.9. The number of nitrogens with two attached hydrogens (primary N) is 1. The molecule has 4 aromatic rings. The summed E-state index contributed by atoms with van der Waals surface area (Å²) in [4.78, 5) is 19.1. The van der Waals surface area contributed by atoms with E-state index in [1.807, 2.05) is 41.5 Å². The number of aromatic nitrogens is 4. The van der Waals surface area contributed by atoms with E-state index in [1.165, 1.54) is 0 Å². The maximum atomic E-state index is 12.2. The molecule has 0 spiro atoms. The zero-order chi connectivity index (χ0) is 24.9. The van der Waals surface area contributed by atoms with Gasteiger partial charge >= 0.3 is 0 Å². The number of rotatable bonds is 6. The first-order valence-electron chi connectivity index (χ1n) is 11.0. The van der Waals surface area contributed by atoms with Crippen LogP contribution in [0.5, 0.6) is 0 Å². The predicted molar refractivity (Wildman–Crippen MR) is 140 cm³/mol. The summed E-state index contributed by atoms with van der Waals surface area (Å²) < 4.78 is 1.95. The SMILES string of the molecule is CC(C)NC1(C(N)=O)CN(c2nncc3c2nc(-c2ccc(Cl)cc2Cl)n3-c2ccc(Cl)cc2)C1. The number of halogens is 3. The van der Waals surface area contributed by atoms with Gasteiger partial charge in [-0.05, 0) is 56.3 Å². The van der Waals surface area contributed by atoms with Crippen molar-refractivity contribution in [1.82, 2.24) is 25.1 Å². The third-order valence-electron chi connectivity index (χ3n) is 5.97. The first-order valence-corrected chi connectivity index (χ1v) is 12.1. The fourth-order valence-electron chi connectivity index (χ4n) is 4.44. The number of carbonyl (C=O) groups excluding carboxylic acids is 1. The van der Waals surface area contributed by atoms with Crippen LogP contribution >= 0.6 is 34.8 Å². The molecule has 1 aliphatic heterocycles. The van der Waals surface area contributed by atoms with Crippen molar-refractivity contribution in [3.8, 4) is 17.1 Å². The monoisotopic (exact) mass is 529 g/mol. The van der Waals surface area contributed by atoms with E-state index >= 15 is 0 Å². The highest BCUT2D eigenvalue weighted by atomic mass is 35.5. The quantitative estimate of drug-likeness (QED) is 0.381. The molecule has 8 nitrogen and oxygen atoms in total. The van der Waals surface area contributed by atoms with Gasteiger partial charge < -0.3 is 10.6 Å². The molecule has 0 radical (unpaired) electrons. The maximum Gasteiger partial charge on any atom is 0.241 e. The molecule has 0 unspecified atom stereocenters. The normalized spacial score (nSPS) is 15.0. The third kappa shape index (κ3) is 4.21. The minimum absolute atomic E-state index is 0.0919. The summed E-state index contributed by atoms with van der Waals surface area (Å²) in [5.74, 6) is 0.758. The second kappa shape index (κ2) is 8.95. The molecule has 0 bridgehead atoms. The van der Waals surface area contributed by atoms with Crippen LogP contribution in [0.15, 0.2) is 48.7 Å². The van der Waals surface area contributed by atoms with E-state index in [-0.39, 0.29) is 6.04 Å². The van der Waals surface area contributed by atoms with Gasteiger partial charge in [-0.25, -0.2) is 4.98 Å². The molecule has 3 N–H and O–H groups in total. The first-order chi connectivity index (χ1) is 16.7. The Morgan fingerprint density at radius 1 is 1.09 bits per heavy atom. The van der Waals surface area contributed by atoms with Crippen molar-refractivity contribution in [3.63, 3.8) is 0 Å². The van der Waals surface area contributed by atoms with Gasteiger partial charge in [0, 0.05) is 40.4 Å². The smallest absolute Gasteiger partial charge is 0.241 e. The lowest BCUT2D eigenvalue weighted by Crippen LogP contribution is -2.76. The number of nitrogens with one attached hydrogen (secondary N) is 1. The van der Waals surface area contributed by atoms with Gasteiger partial charge in [0.15, 0.2) is 5.82 Å². The average molecular weight is 531 g/mol. The lowest BCUT2D eigenvalue weighted by Gasteiger charge is -2.49. The van der Waals surface area contributed by atoms with Crippen LogP contribution in [0.25, 0.3) is 28.1 Å². The fraction of sp³-hybridized carbons (Fsp3) is 0.250. The minimum Gasteiger partial charge on any atom is -0.368 e. The predicted octanol–water partition coefficient (Wildman–Crippen LogP) is 4.48. The molecule has 11 heteroatoms. The van der Waals surface area contributed by atoms with Gasteiger partial charge in [0.25, 0.3) is 0 Å². The Morgan fingerprint density at radius 3 is 2.40 bits per heavy atom. The molecule has 1 aliphatic rings. The lowest BCUT2D eigenvalue weighted by molar-refractivity contribution is -0.125. The van der Waals surface area contributed by atoms with E-state index in [0.717, 1.165) is 11.2 Å². The zero-order valence-electron chi connectivity index (χ0n) is 19.0. The van der Waals surface area contributed by atoms with Crippen molar-refractivity contribution in [2.45, 2.75) is 25.4 Å². The Kier molecular flexibility index (Phi) is 6.09. The molecular formula is C24H22Cl3N7O. The van der Waals surface area contributed by atoms with Crippen molar-refractivity contribution in [2.75, 3.05) is 18.0 Å². The Labute approximate surface area is 217 Å². The molecule has 5 rings (SSSR count). The van der Waals surface area contributed by atoms with Gasteiger partial charge in [0.05, 0.1) is 16.7 Å². The largest absolute Gasteiger partial charge is 0.368 e. The molecule has 2 aromatic carbocycles. The Balaban J connectivity index is 1.67. The summed E-state index contributed by atoms with van der Waals surface area (Å²) in [6, 6.07) is 12.8. The van der Waals surface area contributed by atoms with Gasteiger partial charge in [-0.1, -0.05) is 34.8 Å². The number of hydrogen-bond acceptors (Lipinski definition) is 6. The average Bonchev–Trinajstić information content (AvgIpc) is 3.15. The highest BCUT2D eigenvalue weighted by Crippen LogP contribution is 2.38. The molecule has 0 atom stereocenters. The lowest BCUT2D eigenvalue weighted by atomic mass is 9.88. The number of anilines is 1. The van der Waals surface area contributed by atoms with E-state index in [2.05, 4.69) is 15.5 Å². The third-order valence-corrected chi connectivity index (χ3v) is 6.77. The first kappa shape index (κ1) is 23.8. The van der Waals surface area contributed by atoms with Crippen LogP contribution in [0.3, 0.4) is 0 Å². The van der Waals surface area contributed by atoms with Crippen molar-refractivity contribution < 1.29 is 4.79 Å². The standard InChI is InChI=1S/C24H22Cl3N7O/c1-13(2)31-24(23(28)35)11-33(12-24)22-20-19(10-29-32-22)34(16-6-3-14(25)4-7-16)21(30-20)17-8-5-15(26)9-18(17)27/h3-10,13,31H,11-12H2,1-2H3,(H2,28,35).